The molecule has 2 aromatic rings. The molecule has 0 radical (unpaired) electrons. The van der Waals surface area contributed by atoms with Crippen LogP contribution in [0.4, 0.5) is 5.69 Å². The van der Waals surface area contributed by atoms with Crippen LogP contribution in [0, 0.1) is 6.92 Å². The number of benzene rings is 2. The lowest BCUT2D eigenvalue weighted by Crippen LogP contribution is -2.35. The van der Waals surface area contributed by atoms with Crippen LogP contribution in [0.2, 0.25) is 5.02 Å². The highest BCUT2D eigenvalue weighted by atomic mass is 35.5. The molecule has 0 fully saturated rings. The molecule has 0 aliphatic carbocycles. The zero-order valence-corrected chi connectivity index (χ0v) is 19.7. The van der Waals surface area contributed by atoms with Gasteiger partial charge in [0.1, 0.15) is 11.4 Å². The van der Waals surface area contributed by atoms with E-state index in [2.05, 4.69) is 5.32 Å². The molecule has 1 N–H and O–H groups in total. The number of ether oxygens (including phenoxy) is 2. The summed E-state index contributed by atoms with van der Waals surface area (Å²) < 4.78 is 11.2. The summed E-state index contributed by atoms with van der Waals surface area (Å²) in [6.07, 6.45) is 0.919. The van der Waals surface area contributed by atoms with E-state index in [0.717, 1.165) is 17.7 Å². The molecule has 3 rings (SSSR count). The van der Waals surface area contributed by atoms with Crippen molar-refractivity contribution in [1.82, 2.24) is 4.90 Å². The maximum Gasteiger partial charge on any atom is 0.278 e. The molecule has 2 amide bonds. The highest BCUT2D eigenvalue weighted by molar-refractivity contribution is 6.36. The Morgan fingerprint density at radius 2 is 1.75 bits per heavy atom. The summed E-state index contributed by atoms with van der Waals surface area (Å²) in [6, 6.07) is 12.6. The Balaban J connectivity index is 1.95. The van der Waals surface area contributed by atoms with Gasteiger partial charge < -0.3 is 14.8 Å². The Labute approximate surface area is 194 Å². The molecule has 2 aromatic carbocycles. The van der Waals surface area contributed by atoms with Gasteiger partial charge >= 0.3 is 0 Å². The second kappa shape index (κ2) is 10.7. The van der Waals surface area contributed by atoms with E-state index in [1.807, 2.05) is 39.8 Å². The maximum absolute atomic E-state index is 13.3. The number of amides is 2. The average Bonchev–Trinajstić information content (AvgIpc) is 2.98. The van der Waals surface area contributed by atoms with E-state index in [0.29, 0.717) is 28.5 Å². The number of aryl methyl sites for hydroxylation is 1. The Bertz CT molecular complexity index is 1020. The van der Waals surface area contributed by atoms with Crippen LogP contribution >= 0.6 is 11.6 Å². The standard InChI is InChI=1S/C25H29ClN2O4/c1-5-13-32-20-9-6-18(7-10-20)22-23(27-21-11-8-19(26)15-17(21)4)25(30)28(24(22)29)12-14-31-16(2)3/h6-11,15-16,27H,5,12-14H2,1-4H3. The highest BCUT2D eigenvalue weighted by Crippen LogP contribution is 2.32. The first-order valence-corrected chi connectivity index (χ1v) is 11.2. The van der Waals surface area contributed by atoms with Crippen LogP contribution in [-0.4, -0.2) is 42.6 Å². The smallest absolute Gasteiger partial charge is 0.278 e. The van der Waals surface area contributed by atoms with Gasteiger partial charge in [0.25, 0.3) is 11.8 Å². The molecule has 170 valence electrons. The van der Waals surface area contributed by atoms with E-state index < -0.39 is 0 Å². The second-order valence-electron chi connectivity index (χ2n) is 7.89. The fourth-order valence-corrected chi connectivity index (χ4v) is 3.61. The van der Waals surface area contributed by atoms with Crippen molar-refractivity contribution < 1.29 is 19.1 Å². The van der Waals surface area contributed by atoms with Gasteiger partial charge in [-0.05, 0) is 68.7 Å². The molecule has 0 bridgehead atoms. The number of nitrogens with zero attached hydrogens (tertiary/aromatic N) is 1. The van der Waals surface area contributed by atoms with Gasteiger partial charge in [-0.25, -0.2) is 0 Å². The van der Waals surface area contributed by atoms with Crippen LogP contribution in [0.15, 0.2) is 48.2 Å². The van der Waals surface area contributed by atoms with Crippen LogP contribution < -0.4 is 10.1 Å². The average molecular weight is 457 g/mol. The van der Waals surface area contributed by atoms with Crippen molar-refractivity contribution in [2.24, 2.45) is 0 Å². The number of anilines is 1. The van der Waals surface area contributed by atoms with Gasteiger partial charge in [0.2, 0.25) is 0 Å². The molecule has 0 saturated carbocycles. The number of hydrogen-bond donors (Lipinski definition) is 1. The fourth-order valence-electron chi connectivity index (χ4n) is 3.38. The van der Waals surface area contributed by atoms with Gasteiger partial charge in [-0.3, -0.25) is 14.5 Å². The minimum Gasteiger partial charge on any atom is -0.494 e. The Morgan fingerprint density at radius 3 is 2.38 bits per heavy atom. The van der Waals surface area contributed by atoms with E-state index in [1.165, 1.54) is 4.90 Å². The molecular weight excluding hydrogens is 428 g/mol. The summed E-state index contributed by atoms with van der Waals surface area (Å²) in [7, 11) is 0. The van der Waals surface area contributed by atoms with Crippen LogP contribution in [-0.2, 0) is 14.3 Å². The molecule has 0 atom stereocenters. The number of carbonyl (C=O) groups is 2. The van der Waals surface area contributed by atoms with E-state index >= 15 is 0 Å². The number of halogens is 1. The summed E-state index contributed by atoms with van der Waals surface area (Å²) in [5.41, 5.74) is 2.80. The maximum atomic E-state index is 13.3. The predicted molar refractivity (Wildman–Crippen MR) is 127 cm³/mol. The quantitative estimate of drug-likeness (QED) is 0.506. The van der Waals surface area contributed by atoms with Gasteiger partial charge in [-0.15, -0.1) is 0 Å². The first-order valence-electron chi connectivity index (χ1n) is 10.8. The van der Waals surface area contributed by atoms with Gasteiger partial charge in [0, 0.05) is 10.7 Å². The van der Waals surface area contributed by atoms with Crippen molar-refractivity contribution in [3.8, 4) is 5.75 Å². The first kappa shape index (κ1) is 23.8. The van der Waals surface area contributed by atoms with Gasteiger partial charge in [-0.2, -0.15) is 0 Å². The lowest BCUT2D eigenvalue weighted by molar-refractivity contribution is -0.137. The Kier molecular flexibility index (Phi) is 7.94. The molecule has 1 aliphatic rings. The molecule has 6 nitrogen and oxygen atoms in total. The highest BCUT2D eigenvalue weighted by Gasteiger charge is 2.39. The Morgan fingerprint density at radius 1 is 1.03 bits per heavy atom. The van der Waals surface area contributed by atoms with Gasteiger partial charge in [0.05, 0.1) is 31.4 Å². The number of rotatable bonds is 10. The Hall–Kier alpha value is -2.83. The summed E-state index contributed by atoms with van der Waals surface area (Å²) in [5.74, 6) is -0.00469. The van der Waals surface area contributed by atoms with Crippen molar-refractivity contribution >= 4 is 34.7 Å². The number of carbonyl (C=O) groups excluding carboxylic acids is 2. The van der Waals surface area contributed by atoms with Crippen molar-refractivity contribution in [2.45, 2.75) is 40.2 Å². The zero-order valence-electron chi connectivity index (χ0n) is 18.9. The van der Waals surface area contributed by atoms with Crippen molar-refractivity contribution in [3.63, 3.8) is 0 Å². The summed E-state index contributed by atoms with van der Waals surface area (Å²) in [6.45, 7) is 8.83. The minimum absolute atomic E-state index is 0.0141. The molecule has 1 heterocycles. The molecule has 32 heavy (non-hydrogen) atoms. The third-order valence-electron chi connectivity index (χ3n) is 5.00. The van der Waals surface area contributed by atoms with E-state index in [4.69, 9.17) is 21.1 Å². The molecule has 7 heteroatoms. The molecule has 0 spiro atoms. The normalized spacial score (nSPS) is 14.0. The zero-order chi connectivity index (χ0) is 23.3. The van der Waals surface area contributed by atoms with Crippen LogP contribution in [0.3, 0.4) is 0 Å². The number of nitrogens with one attached hydrogen (secondary N) is 1. The summed E-state index contributed by atoms with van der Waals surface area (Å²) in [5, 5.41) is 3.78. The summed E-state index contributed by atoms with van der Waals surface area (Å²) in [4.78, 5) is 27.8. The van der Waals surface area contributed by atoms with Crippen LogP contribution in [0.25, 0.3) is 5.57 Å². The van der Waals surface area contributed by atoms with Crippen molar-refractivity contribution in [2.75, 3.05) is 25.1 Å². The van der Waals surface area contributed by atoms with Gasteiger partial charge in [-0.1, -0.05) is 30.7 Å². The van der Waals surface area contributed by atoms with E-state index in [9.17, 15) is 9.59 Å². The largest absolute Gasteiger partial charge is 0.494 e. The SMILES string of the molecule is CCCOc1ccc(C2=C(Nc3ccc(Cl)cc3C)C(=O)N(CCOC(C)C)C2=O)cc1. The monoisotopic (exact) mass is 456 g/mol. The third kappa shape index (κ3) is 5.50. The van der Waals surface area contributed by atoms with Gasteiger partial charge in [0.15, 0.2) is 0 Å². The molecule has 0 aromatic heterocycles. The lowest BCUT2D eigenvalue weighted by Gasteiger charge is -2.16. The van der Waals surface area contributed by atoms with Crippen LogP contribution in [0.5, 0.6) is 5.75 Å². The second-order valence-corrected chi connectivity index (χ2v) is 8.33. The molecular formula is C25H29ClN2O4. The topological polar surface area (TPSA) is 67.9 Å². The third-order valence-corrected chi connectivity index (χ3v) is 5.23. The molecule has 0 saturated heterocycles. The van der Waals surface area contributed by atoms with Crippen LogP contribution in [0.1, 0.15) is 38.3 Å². The van der Waals surface area contributed by atoms with Crippen molar-refractivity contribution in [3.05, 3.63) is 64.3 Å². The summed E-state index contributed by atoms with van der Waals surface area (Å²) >= 11 is 6.07. The first-order chi connectivity index (χ1) is 15.3. The molecule has 0 unspecified atom stereocenters. The minimum atomic E-state index is -0.377. The number of hydrogen-bond acceptors (Lipinski definition) is 5. The number of imide groups is 1. The van der Waals surface area contributed by atoms with E-state index in [1.54, 1.807) is 30.3 Å². The lowest BCUT2D eigenvalue weighted by atomic mass is 10.0. The fraction of sp³-hybridized carbons (Fsp3) is 0.360. The molecule has 1 aliphatic heterocycles. The van der Waals surface area contributed by atoms with Crippen molar-refractivity contribution in [1.29, 1.82) is 0 Å². The van der Waals surface area contributed by atoms with E-state index in [-0.39, 0.29) is 36.8 Å². The predicted octanol–water partition coefficient (Wildman–Crippen LogP) is 5.05.